The van der Waals surface area contributed by atoms with Gasteiger partial charge in [-0.1, -0.05) is 35.1 Å². The van der Waals surface area contributed by atoms with Crippen LogP contribution in [-0.2, 0) is 4.74 Å². The van der Waals surface area contributed by atoms with E-state index in [0.717, 1.165) is 71.1 Å². The van der Waals surface area contributed by atoms with Crippen LogP contribution in [-0.4, -0.2) is 62.3 Å². The van der Waals surface area contributed by atoms with Gasteiger partial charge in [-0.05, 0) is 44.0 Å². The molecule has 1 aliphatic heterocycles. The van der Waals surface area contributed by atoms with Crippen LogP contribution in [0, 0.1) is 20.8 Å². The van der Waals surface area contributed by atoms with Crippen molar-refractivity contribution in [2.75, 3.05) is 51.4 Å². The molecule has 1 aliphatic rings. The molecule has 4 rings (SSSR count). The number of fused-ring (bicyclic) bond motifs is 1. The molecule has 172 valence electrons. The van der Waals surface area contributed by atoms with E-state index >= 15 is 0 Å². The molecule has 8 heteroatoms. The van der Waals surface area contributed by atoms with Crippen LogP contribution in [0.3, 0.4) is 0 Å². The molecule has 0 aliphatic carbocycles. The quantitative estimate of drug-likeness (QED) is 0.520. The van der Waals surface area contributed by atoms with Crippen LogP contribution in [0.1, 0.15) is 27.0 Å². The number of methoxy groups -OCH3 is 1. The van der Waals surface area contributed by atoms with Gasteiger partial charge in [-0.2, -0.15) is 0 Å². The Morgan fingerprint density at radius 1 is 1.16 bits per heavy atom. The summed E-state index contributed by atoms with van der Waals surface area (Å²) in [6.07, 6.45) is 0. The van der Waals surface area contributed by atoms with Crippen LogP contribution in [0.15, 0.2) is 30.3 Å². The number of aryl methyl sites for hydroxylation is 3. The summed E-state index contributed by atoms with van der Waals surface area (Å²) in [5, 5.41) is 0.709. The van der Waals surface area contributed by atoms with E-state index in [1.807, 2.05) is 43.0 Å². The fraction of sp³-hybridized carbons (Fsp3) is 0.417. The predicted octanol–water partition coefficient (Wildman–Crippen LogP) is 4.63. The number of hydrogen-bond donors (Lipinski definition) is 0. The van der Waals surface area contributed by atoms with E-state index in [1.54, 1.807) is 18.4 Å². The second-order valence-electron chi connectivity index (χ2n) is 7.99. The number of carbonyl (C=O) groups excluding carboxylic acids is 1. The first-order valence-corrected chi connectivity index (χ1v) is 11.4. The Morgan fingerprint density at radius 3 is 2.59 bits per heavy atom. The van der Waals surface area contributed by atoms with Crippen molar-refractivity contribution >= 4 is 45.0 Å². The summed E-state index contributed by atoms with van der Waals surface area (Å²) in [5.74, 6) is 0.719. The topological polar surface area (TPSA) is 54.9 Å². The fourth-order valence-electron chi connectivity index (χ4n) is 3.93. The minimum atomic E-state index is -0.0126. The lowest BCUT2D eigenvalue weighted by Gasteiger charge is -2.29. The van der Waals surface area contributed by atoms with Gasteiger partial charge in [0.25, 0.3) is 5.91 Å². The second-order valence-corrected chi connectivity index (χ2v) is 8.97. The van der Waals surface area contributed by atoms with Crippen molar-refractivity contribution in [3.05, 3.63) is 52.6 Å². The van der Waals surface area contributed by atoms with Crippen molar-refractivity contribution in [2.24, 2.45) is 0 Å². The summed E-state index contributed by atoms with van der Waals surface area (Å²) in [7, 11) is 1.65. The zero-order valence-corrected chi connectivity index (χ0v) is 20.6. The average molecular weight is 476 g/mol. The van der Waals surface area contributed by atoms with E-state index in [1.165, 1.54) is 0 Å². The summed E-state index contributed by atoms with van der Waals surface area (Å²) in [4.78, 5) is 22.7. The van der Waals surface area contributed by atoms with Gasteiger partial charge in [0.1, 0.15) is 11.3 Å². The lowest BCUT2D eigenvalue weighted by atomic mass is 10.0. The SMILES string of the molecule is COc1ccc(C)c2sc(N(CCN3CCOCC3)C(=O)c3ccc(C)cc3C)nc12.Cl. The number of thiazole rings is 1. The van der Waals surface area contributed by atoms with E-state index in [0.29, 0.717) is 11.7 Å². The van der Waals surface area contributed by atoms with Gasteiger partial charge in [-0.3, -0.25) is 14.6 Å². The molecule has 0 radical (unpaired) electrons. The molecular formula is C24H30ClN3O3S. The summed E-state index contributed by atoms with van der Waals surface area (Å²) < 4.78 is 12.0. The molecule has 1 saturated heterocycles. The first-order valence-electron chi connectivity index (χ1n) is 10.6. The summed E-state index contributed by atoms with van der Waals surface area (Å²) >= 11 is 1.55. The number of hydrogen-bond acceptors (Lipinski definition) is 6. The van der Waals surface area contributed by atoms with Gasteiger partial charge in [0.2, 0.25) is 0 Å². The van der Waals surface area contributed by atoms with E-state index in [9.17, 15) is 4.79 Å². The highest BCUT2D eigenvalue weighted by molar-refractivity contribution is 7.22. The molecule has 0 bridgehead atoms. The van der Waals surface area contributed by atoms with Gasteiger partial charge in [-0.25, -0.2) is 4.98 Å². The number of amides is 1. The van der Waals surface area contributed by atoms with E-state index in [-0.39, 0.29) is 18.3 Å². The van der Waals surface area contributed by atoms with Crippen molar-refractivity contribution < 1.29 is 14.3 Å². The van der Waals surface area contributed by atoms with Crippen molar-refractivity contribution in [3.63, 3.8) is 0 Å². The molecule has 2 aromatic carbocycles. The number of morpholine rings is 1. The molecular weight excluding hydrogens is 446 g/mol. The molecule has 1 amide bonds. The summed E-state index contributed by atoms with van der Waals surface area (Å²) in [6, 6.07) is 9.94. The maximum absolute atomic E-state index is 13.7. The number of halogens is 1. The van der Waals surface area contributed by atoms with E-state index < -0.39 is 0 Å². The largest absolute Gasteiger partial charge is 0.494 e. The number of ether oxygens (including phenoxy) is 2. The smallest absolute Gasteiger partial charge is 0.260 e. The molecule has 3 aromatic rings. The molecule has 1 fully saturated rings. The van der Waals surface area contributed by atoms with Gasteiger partial charge in [0, 0.05) is 31.7 Å². The minimum absolute atomic E-state index is 0. The maximum Gasteiger partial charge on any atom is 0.260 e. The first-order chi connectivity index (χ1) is 15.0. The van der Waals surface area contributed by atoms with Crippen molar-refractivity contribution in [2.45, 2.75) is 20.8 Å². The van der Waals surface area contributed by atoms with Crippen LogP contribution in [0.2, 0.25) is 0 Å². The molecule has 0 atom stereocenters. The van der Waals surface area contributed by atoms with Crippen LogP contribution < -0.4 is 9.64 Å². The molecule has 0 unspecified atom stereocenters. The maximum atomic E-state index is 13.7. The van der Waals surface area contributed by atoms with Gasteiger partial charge < -0.3 is 9.47 Å². The van der Waals surface area contributed by atoms with E-state index in [2.05, 4.69) is 17.9 Å². The molecule has 0 saturated carbocycles. The highest BCUT2D eigenvalue weighted by atomic mass is 35.5. The molecule has 2 heterocycles. The Balaban J connectivity index is 0.00000289. The van der Waals surface area contributed by atoms with Gasteiger partial charge in [0.05, 0.1) is 25.0 Å². The zero-order chi connectivity index (χ0) is 22.0. The van der Waals surface area contributed by atoms with Gasteiger partial charge in [0.15, 0.2) is 5.13 Å². The van der Waals surface area contributed by atoms with Crippen molar-refractivity contribution in [3.8, 4) is 5.75 Å². The minimum Gasteiger partial charge on any atom is -0.494 e. The Hall–Kier alpha value is -2.19. The van der Waals surface area contributed by atoms with Gasteiger partial charge >= 0.3 is 0 Å². The standard InChI is InChI=1S/C24H29N3O3S.ClH/c1-16-5-7-19(18(3)15-16)23(28)27(10-9-26-11-13-30-14-12-26)24-25-21-20(29-4)8-6-17(2)22(21)31-24;/h5-8,15H,9-14H2,1-4H3;1H. The monoisotopic (exact) mass is 475 g/mol. The molecule has 1 aromatic heterocycles. The fourth-order valence-corrected chi connectivity index (χ4v) is 5.00. The molecule has 32 heavy (non-hydrogen) atoms. The lowest BCUT2D eigenvalue weighted by Crippen LogP contribution is -2.43. The Bertz CT molecular complexity index is 1100. The number of benzene rings is 2. The Kier molecular flexibility index (Phi) is 8.11. The highest BCUT2D eigenvalue weighted by Crippen LogP contribution is 2.37. The third kappa shape index (κ3) is 5.07. The summed E-state index contributed by atoms with van der Waals surface area (Å²) in [5.41, 5.74) is 4.79. The van der Waals surface area contributed by atoms with Crippen LogP contribution in [0.5, 0.6) is 5.75 Å². The summed E-state index contributed by atoms with van der Waals surface area (Å²) in [6.45, 7) is 10.7. The van der Waals surface area contributed by atoms with Crippen molar-refractivity contribution in [1.82, 2.24) is 9.88 Å². The normalized spacial score (nSPS) is 14.2. The van der Waals surface area contributed by atoms with Crippen LogP contribution in [0.4, 0.5) is 5.13 Å². The average Bonchev–Trinajstić information content (AvgIpc) is 3.21. The Labute approximate surface area is 199 Å². The number of rotatable bonds is 6. The third-order valence-electron chi connectivity index (χ3n) is 5.74. The number of nitrogens with zero attached hydrogens (tertiary/aromatic N) is 3. The molecule has 0 N–H and O–H groups in total. The number of aromatic nitrogens is 1. The third-order valence-corrected chi connectivity index (χ3v) is 6.96. The van der Waals surface area contributed by atoms with E-state index in [4.69, 9.17) is 14.5 Å². The predicted molar refractivity (Wildman–Crippen MR) is 133 cm³/mol. The zero-order valence-electron chi connectivity index (χ0n) is 19.0. The highest BCUT2D eigenvalue weighted by Gasteiger charge is 2.25. The van der Waals surface area contributed by atoms with Crippen LogP contribution >= 0.6 is 23.7 Å². The number of anilines is 1. The van der Waals surface area contributed by atoms with Crippen molar-refractivity contribution in [1.29, 1.82) is 0 Å². The lowest BCUT2D eigenvalue weighted by molar-refractivity contribution is 0.0391. The first kappa shape index (κ1) is 24.5. The second kappa shape index (κ2) is 10.6. The Morgan fingerprint density at radius 2 is 1.91 bits per heavy atom. The number of carbonyl (C=O) groups is 1. The van der Waals surface area contributed by atoms with Gasteiger partial charge in [-0.15, -0.1) is 12.4 Å². The molecule has 0 spiro atoms. The molecule has 6 nitrogen and oxygen atoms in total. The van der Waals surface area contributed by atoms with Crippen LogP contribution in [0.25, 0.3) is 10.2 Å².